The molecule has 0 aliphatic heterocycles. The lowest BCUT2D eigenvalue weighted by molar-refractivity contribution is 0.0523. The first kappa shape index (κ1) is 21.6. The van der Waals surface area contributed by atoms with Crippen LogP contribution in [0.25, 0.3) is 0 Å². The molecule has 1 amide bonds. The molecule has 7 heteroatoms. The second-order valence-corrected chi connectivity index (χ2v) is 6.12. The summed E-state index contributed by atoms with van der Waals surface area (Å²) >= 11 is 5.74. The van der Waals surface area contributed by atoms with Crippen LogP contribution in [0.2, 0.25) is 5.15 Å². The van der Waals surface area contributed by atoms with Crippen molar-refractivity contribution in [3.63, 3.8) is 0 Å². The van der Waals surface area contributed by atoms with Crippen LogP contribution in [0, 0.1) is 5.82 Å². The van der Waals surface area contributed by atoms with E-state index in [1.54, 1.807) is 27.8 Å². The van der Waals surface area contributed by atoms with Crippen LogP contribution < -0.4 is 5.32 Å². The predicted octanol–water partition coefficient (Wildman–Crippen LogP) is 3.86. The van der Waals surface area contributed by atoms with E-state index >= 15 is 0 Å². The Morgan fingerprint density at radius 1 is 1.39 bits per heavy atom. The lowest BCUT2D eigenvalue weighted by Crippen LogP contribution is -2.37. The van der Waals surface area contributed by atoms with Crippen molar-refractivity contribution < 1.29 is 13.9 Å². The van der Waals surface area contributed by atoms with Gasteiger partial charge in [-0.25, -0.2) is 14.2 Å². The predicted molar refractivity (Wildman–Crippen MR) is 91.1 cm³/mol. The fourth-order valence-corrected chi connectivity index (χ4v) is 1.73. The summed E-state index contributed by atoms with van der Waals surface area (Å²) < 4.78 is 18.6. The van der Waals surface area contributed by atoms with Gasteiger partial charge in [-0.3, -0.25) is 4.90 Å². The number of nitrogens with one attached hydrogen (secondary N) is 1. The van der Waals surface area contributed by atoms with Crippen LogP contribution in [0.15, 0.2) is 12.1 Å². The number of likely N-dealkylation sites (N-methyl/N-ethyl adjacent to an activating group) is 1. The van der Waals surface area contributed by atoms with E-state index in [1.165, 1.54) is 12.1 Å². The molecule has 0 saturated heterocycles. The van der Waals surface area contributed by atoms with Gasteiger partial charge < -0.3 is 10.1 Å². The van der Waals surface area contributed by atoms with Gasteiger partial charge in [-0.05, 0) is 40.0 Å². The Morgan fingerprint density at radius 2 is 2.00 bits per heavy atom. The first-order valence-electron chi connectivity index (χ1n) is 7.64. The van der Waals surface area contributed by atoms with E-state index in [1.807, 2.05) is 18.7 Å². The molecule has 132 valence electrons. The molecule has 0 atom stereocenters. The summed E-state index contributed by atoms with van der Waals surface area (Å²) in [4.78, 5) is 17.2. The Hall–Kier alpha value is -1.40. The number of amides is 1. The molecular weight excluding hydrogens is 321 g/mol. The summed E-state index contributed by atoms with van der Waals surface area (Å²) in [6.45, 7) is 10.6. The largest absolute Gasteiger partial charge is 0.444 e. The normalized spacial score (nSPS) is 10.8. The Bertz CT molecular complexity index is 493. The van der Waals surface area contributed by atoms with Crippen molar-refractivity contribution in [2.45, 2.75) is 46.8 Å². The van der Waals surface area contributed by atoms with Gasteiger partial charge in [0.15, 0.2) is 0 Å². The molecule has 0 spiro atoms. The first-order valence-corrected chi connectivity index (χ1v) is 8.01. The highest BCUT2D eigenvalue weighted by atomic mass is 35.5. The van der Waals surface area contributed by atoms with Gasteiger partial charge in [0, 0.05) is 19.6 Å². The Labute approximate surface area is 143 Å². The maximum atomic E-state index is 13.5. The number of aromatic nitrogens is 1. The zero-order valence-corrected chi connectivity index (χ0v) is 15.5. The van der Waals surface area contributed by atoms with E-state index in [4.69, 9.17) is 16.3 Å². The van der Waals surface area contributed by atoms with Crippen molar-refractivity contribution >= 4 is 17.7 Å². The Balaban J connectivity index is 0.00000232. The summed E-state index contributed by atoms with van der Waals surface area (Å²) in [5.41, 5.74) is -0.244. The van der Waals surface area contributed by atoms with Gasteiger partial charge in [-0.15, -0.1) is 0 Å². The molecule has 23 heavy (non-hydrogen) atoms. The molecule has 0 fully saturated rings. The van der Waals surface area contributed by atoms with Gasteiger partial charge in [-0.1, -0.05) is 25.4 Å². The Kier molecular flexibility index (Phi) is 9.76. The van der Waals surface area contributed by atoms with Crippen LogP contribution in [0.5, 0.6) is 0 Å². The third kappa shape index (κ3) is 10.1. The molecule has 0 aliphatic rings. The summed E-state index contributed by atoms with van der Waals surface area (Å²) in [7, 11) is 1.80. The van der Waals surface area contributed by atoms with Gasteiger partial charge in [0.05, 0.1) is 5.69 Å². The molecule has 0 unspecified atom stereocenters. The van der Waals surface area contributed by atoms with Crippen molar-refractivity contribution in [2.75, 3.05) is 20.1 Å². The molecule has 0 aromatic carbocycles. The van der Waals surface area contributed by atoms with Gasteiger partial charge >= 0.3 is 6.09 Å². The zero-order chi connectivity index (χ0) is 18.0. The molecule has 1 N–H and O–H groups in total. The summed E-state index contributed by atoms with van der Waals surface area (Å²) in [5, 5.41) is 2.90. The van der Waals surface area contributed by atoms with E-state index < -0.39 is 17.5 Å². The minimum absolute atomic E-state index is 0.256. The van der Waals surface area contributed by atoms with Crippen LogP contribution in [0.4, 0.5) is 9.18 Å². The highest BCUT2D eigenvalue weighted by Crippen LogP contribution is 2.11. The van der Waals surface area contributed by atoms with E-state index in [9.17, 15) is 9.18 Å². The number of ether oxygens (including phenoxy) is 1. The molecule has 1 rings (SSSR count). The number of rotatable bonds is 5. The summed E-state index contributed by atoms with van der Waals surface area (Å²) in [5.74, 6) is -0.397. The highest BCUT2D eigenvalue weighted by Gasteiger charge is 2.15. The molecule has 0 radical (unpaired) electrons. The quantitative estimate of drug-likeness (QED) is 0.822. The maximum Gasteiger partial charge on any atom is 0.407 e. The lowest BCUT2D eigenvalue weighted by Gasteiger charge is -2.21. The number of alkyl carbamates (subject to hydrolysis) is 1. The molecule has 0 bridgehead atoms. The number of hydrogen-bond donors (Lipinski definition) is 1. The fourth-order valence-electron chi connectivity index (χ4n) is 1.57. The summed E-state index contributed by atoms with van der Waals surface area (Å²) in [6.07, 6.45) is -0.469. The van der Waals surface area contributed by atoms with Gasteiger partial charge in [0.1, 0.15) is 16.6 Å². The minimum Gasteiger partial charge on any atom is -0.444 e. The number of pyridine rings is 1. The lowest BCUT2D eigenvalue weighted by atomic mass is 10.2. The van der Waals surface area contributed by atoms with E-state index in [2.05, 4.69) is 10.3 Å². The zero-order valence-electron chi connectivity index (χ0n) is 14.7. The van der Waals surface area contributed by atoms with Crippen molar-refractivity contribution in [1.29, 1.82) is 0 Å². The van der Waals surface area contributed by atoms with Crippen molar-refractivity contribution in [1.82, 2.24) is 15.2 Å². The SMILES string of the molecule is CC.CN(CCNC(=O)OC(C)(C)C)Cc1nc(Cl)ccc1F. The summed E-state index contributed by atoms with van der Waals surface area (Å²) in [6, 6.07) is 2.70. The van der Waals surface area contributed by atoms with Gasteiger partial charge in [0.2, 0.25) is 0 Å². The molecule has 0 saturated carbocycles. The van der Waals surface area contributed by atoms with Crippen LogP contribution >= 0.6 is 11.6 Å². The standard InChI is InChI=1S/C14H21ClFN3O2.C2H6/c1-14(2,3)21-13(20)17-7-8-19(4)9-11-10(16)5-6-12(15)18-11;1-2/h5-6H,7-9H2,1-4H3,(H,17,20);1-2H3. The average molecular weight is 348 g/mol. The smallest absolute Gasteiger partial charge is 0.407 e. The number of nitrogens with zero attached hydrogens (tertiary/aromatic N) is 2. The number of hydrogen-bond acceptors (Lipinski definition) is 4. The van der Waals surface area contributed by atoms with Crippen molar-refractivity contribution in [3.8, 4) is 0 Å². The number of halogens is 2. The van der Waals surface area contributed by atoms with E-state index in [-0.39, 0.29) is 10.8 Å². The van der Waals surface area contributed by atoms with Crippen molar-refractivity contribution in [2.24, 2.45) is 0 Å². The number of carbonyl (C=O) groups excluding carboxylic acids is 1. The van der Waals surface area contributed by atoms with Gasteiger partial charge in [0.25, 0.3) is 0 Å². The third-order valence-electron chi connectivity index (χ3n) is 2.47. The highest BCUT2D eigenvalue weighted by molar-refractivity contribution is 6.29. The number of carbonyl (C=O) groups is 1. The molecule has 5 nitrogen and oxygen atoms in total. The molecule has 1 heterocycles. The second kappa shape index (κ2) is 10.4. The van der Waals surface area contributed by atoms with Crippen LogP contribution in [0.3, 0.4) is 0 Å². The average Bonchev–Trinajstić information content (AvgIpc) is 2.43. The molecule has 1 aromatic heterocycles. The fraction of sp³-hybridized carbons (Fsp3) is 0.625. The van der Waals surface area contributed by atoms with E-state index in [0.29, 0.717) is 19.6 Å². The Morgan fingerprint density at radius 3 is 2.57 bits per heavy atom. The molecular formula is C16H27ClFN3O2. The molecule has 1 aromatic rings. The maximum absolute atomic E-state index is 13.5. The minimum atomic E-state index is -0.524. The van der Waals surface area contributed by atoms with Crippen molar-refractivity contribution in [3.05, 3.63) is 28.8 Å². The van der Waals surface area contributed by atoms with Crippen LogP contribution in [0.1, 0.15) is 40.3 Å². The second-order valence-electron chi connectivity index (χ2n) is 5.73. The van der Waals surface area contributed by atoms with Crippen LogP contribution in [-0.2, 0) is 11.3 Å². The van der Waals surface area contributed by atoms with Gasteiger partial charge in [-0.2, -0.15) is 0 Å². The van der Waals surface area contributed by atoms with Crippen LogP contribution in [-0.4, -0.2) is 41.7 Å². The third-order valence-corrected chi connectivity index (χ3v) is 2.68. The van der Waals surface area contributed by atoms with E-state index in [0.717, 1.165) is 0 Å². The topological polar surface area (TPSA) is 54.5 Å². The first-order chi connectivity index (χ1) is 10.7. The monoisotopic (exact) mass is 347 g/mol. The molecule has 0 aliphatic carbocycles.